The molecular weight excluding hydrogens is 247 g/mol. The average molecular weight is 251 g/mol. The Labute approximate surface area is 82.1 Å². The van der Waals surface area contributed by atoms with Gasteiger partial charge >= 0.3 is 0 Å². The largest absolute Gasteiger partial charge is 0.233 e. The molecule has 1 aromatic carbocycles. The van der Waals surface area contributed by atoms with Crippen LogP contribution in [0.3, 0.4) is 0 Å². The van der Waals surface area contributed by atoms with Gasteiger partial charge in [-0.3, -0.25) is 0 Å². The molecule has 0 bridgehead atoms. The normalized spacial score (nSPS) is 9.50. The van der Waals surface area contributed by atoms with Crippen LogP contribution in [0.1, 0.15) is 0 Å². The standard InChI is InChI=1S/C6H4BrClN2O2/c7-5-1-3-6(4-2-5)9(8)10(11)12/h1-4H. The van der Waals surface area contributed by atoms with Crippen molar-refractivity contribution in [2.24, 2.45) is 0 Å². The summed E-state index contributed by atoms with van der Waals surface area (Å²) in [6.45, 7) is 0. The van der Waals surface area contributed by atoms with Gasteiger partial charge in [0, 0.05) is 9.00 Å². The number of rotatable bonds is 2. The van der Waals surface area contributed by atoms with Crippen LogP contribution < -0.4 is 4.53 Å². The van der Waals surface area contributed by atoms with Crippen molar-refractivity contribution < 1.29 is 5.03 Å². The second-order valence-electron chi connectivity index (χ2n) is 1.97. The number of anilines is 1. The topological polar surface area (TPSA) is 46.4 Å². The lowest BCUT2D eigenvalue weighted by molar-refractivity contribution is -0.475. The summed E-state index contributed by atoms with van der Waals surface area (Å²) in [5.41, 5.74) is 0.324. The van der Waals surface area contributed by atoms with Crippen LogP contribution in [0.4, 0.5) is 5.69 Å². The molecule has 0 aromatic heterocycles. The molecule has 1 aromatic rings. The van der Waals surface area contributed by atoms with E-state index in [0.717, 1.165) is 4.47 Å². The minimum Gasteiger partial charge on any atom is -0.233 e. The van der Waals surface area contributed by atoms with Gasteiger partial charge in [-0.1, -0.05) is 15.9 Å². The Morgan fingerprint density at radius 2 is 1.92 bits per heavy atom. The lowest BCUT2D eigenvalue weighted by atomic mass is 10.3. The molecule has 64 valence electrons. The zero-order valence-corrected chi connectivity index (χ0v) is 8.12. The smallest absolute Gasteiger partial charge is 0.181 e. The van der Waals surface area contributed by atoms with Crippen molar-refractivity contribution in [3.63, 3.8) is 0 Å². The first-order valence-electron chi connectivity index (χ1n) is 2.97. The van der Waals surface area contributed by atoms with Gasteiger partial charge in [0.1, 0.15) is 5.69 Å². The minimum absolute atomic E-state index is 0.324. The highest BCUT2D eigenvalue weighted by Crippen LogP contribution is 2.19. The fourth-order valence-electron chi connectivity index (χ4n) is 0.658. The van der Waals surface area contributed by atoms with E-state index in [-0.39, 0.29) is 0 Å². The summed E-state index contributed by atoms with van der Waals surface area (Å²) in [5.74, 6) is 0. The van der Waals surface area contributed by atoms with Crippen LogP contribution >= 0.6 is 27.7 Å². The van der Waals surface area contributed by atoms with Crippen LogP contribution in [0.25, 0.3) is 0 Å². The van der Waals surface area contributed by atoms with Crippen molar-refractivity contribution in [1.82, 2.24) is 0 Å². The monoisotopic (exact) mass is 250 g/mol. The molecule has 0 N–H and O–H groups in total. The third kappa shape index (κ3) is 2.09. The number of halogens is 2. The zero-order chi connectivity index (χ0) is 9.14. The molecule has 0 unspecified atom stereocenters. The molecule has 0 atom stereocenters. The van der Waals surface area contributed by atoms with Crippen LogP contribution in [0.15, 0.2) is 28.7 Å². The molecule has 6 heteroatoms. The molecule has 1 rings (SSSR count). The van der Waals surface area contributed by atoms with Crippen molar-refractivity contribution in [2.45, 2.75) is 0 Å². The molecular formula is C6H4BrClN2O2. The van der Waals surface area contributed by atoms with Crippen LogP contribution in [0, 0.1) is 10.1 Å². The van der Waals surface area contributed by atoms with Crippen molar-refractivity contribution in [3.05, 3.63) is 38.9 Å². The van der Waals surface area contributed by atoms with E-state index >= 15 is 0 Å². The highest BCUT2D eigenvalue weighted by Gasteiger charge is 2.12. The van der Waals surface area contributed by atoms with Gasteiger partial charge < -0.3 is 0 Å². The van der Waals surface area contributed by atoms with Crippen LogP contribution in [-0.4, -0.2) is 5.03 Å². The maximum atomic E-state index is 10.2. The van der Waals surface area contributed by atoms with Gasteiger partial charge in [0.2, 0.25) is 0 Å². The SMILES string of the molecule is O=[N+]([O-])N(Cl)c1ccc(Br)cc1. The Morgan fingerprint density at radius 1 is 1.42 bits per heavy atom. The van der Waals surface area contributed by atoms with Gasteiger partial charge in [-0.05, 0) is 24.3 Å². The molecule has 0 heterocycles. The number of hydrogen-bond donors (Lipinski definition) is 0. The Morgan fingerprint density at radius 3 is 2.33 bits per heavy atom. The molecule has 0 aliphatic rings. The van der Waals surface area contributed by atoms with E-state index in [9.17, 15) is 10.1 Å². The van der Waals surface area contributed by atoms with Gasteiger partial charge in [0.15, 0.2) is 5.03 Å². The Balaban J connectivity index is 2.89. The predicted octanol–water partition coefficient (Wildman–Crippen LogP) is 2.60. The summed E-state index contributed by atoms with van der Waals surface area (Å²) in [6, 6.07) is 6.43. The average Bonchev–Trinajstić information content (AvgIpc) is 2.04. The second kappa shape index (κ2) is 3.73. The molecule has 4 nitrogen and oxygen atoms in total. The Kier molecular flexibility index (Phi) is 2.88. The van der Waals surface area contributed by atoms with Crippen molar-refractivity contribution in [1.29, 1.82) is 0 Å². The minimum atomic E-state index is -0.704. The van der Waals surface area contributed by atoms with E-state index in [1.54, 1.807) is 24.3 Å². The highest BCUT2D eigenvalue weighted by molar-refractivity contribution is 9.10. The van der Waals surface area contributed by atoms with Crippen molar-refractivity contribution in [2.75, 3.05) is 4.53 Å². The first-order chi connectivity index (χ1) is 5.61. The molecule has 0 saturated carbocycles. The van der Waals surface area contributed by atoms with E-state index < -0.39 is 5.03 Å². The summed E-state index contributed by atoms with van der Waals surface area (Å²) in [4.78, 5) is 10.2. The molecule has 12 heavy (non-hydrogen) atoms. The van der Waals surface area contributed by atoms with E-state index in [1.807, 2.05) is 0 Å². The predicted molar refractivity (Wildman–Crippen MR) is 49.5 cm³/mol. The van der Waals surface area contributed by atoms with Crippen LogP contribution in [0.5, 0.6) is 0 Å². The first kappa shape index (κ1) is 9.28. The fraction of sp³-hybridized carbons (Fsp3) is 0. The molecule has 0 amide bonds. The van der Waals surface area contributed by atoms with E-state index in [2.05, 4.69) is 15.9 Å². The molecule has 0 radical (unpaired) electrons. The zero-order valence-electron chi connectivity index (χ0n) is 5.78. The third-order valence-corrected chi connectivity index (χ3v) is 2.03. The summed E-state index contributed by atoms with van der Waals surface area (Å²) in [6.07, 6.45) is 0. The van der Waals surface area contributed by atoms with Gasteiger partial charge in [0.05, 0.1) is 11.8 Å². The van der Waals surface area contributed by atoms with Crippen molar-refractivity contribution in [3.8, 4) is 0 Å². The summed E-state index contributed by atoms with van der Waals surface area (Å²) < 4.78 is 1.28. The second-order valence-corrected chi connectivity index (χ2v) is 3.21. The molecule has 0 fully saturated rings. The first-order valence-corrected chi connectivity index (χ1v) is 4.10. The number of nitrogens with zero attached hydrogens (tertiary/aromatic N) is 2. The van der Waals surface area contributed by atoms with Gasteiger partial charge in [-0.25, -0.2) is 10.1 Å². The quantitative estimate of drug-likeness (QED) is 0.461. The number of hydrazine groups is 1. The van der Waals surface area contributed by atoms with Crippen LogP contribution in [0.2, 0.25) is 0 Å². The Bertz CT molecular complexity index is 290. The number of benzene rings is 1. The van der Waals surface area contributed by atoms with Crippen molar-refractivity contribution >= 4 is 33.4 Å². The molecule has 0 aliphatic heterocycles. The summed E-state index contributed by atoms with van der Waals surface area (Å²) in [5, 5.41) is 9.47. The maximum Gasteiger partial charge on any atom is 0.181 e. The molecule has 0 saturated heterocycles. The lowest BCUT2D eigenvalue weighted by Crippen LogP contribution is -2.17. The lowest BCUT2D eigenvalue weighted by Gasteiger charge is -2.03. The molecule has 0 spiro atoms. The number of nitro groups is 1. The fourth-order valence-corrected chi connectivity index (χ4v) is 1.04. The van der Waals surface area contributed by atoms with E-state index in [0.29, 0.717) is 10.2 Å². The van der Waals surface area contributed by atoms with Gasteiger partial charge in [-0.2, -0.15) is 0 Å². The maximum absolute atomic E-state index is 10.2. The van der Waals surface area contributed by atoms with Crippen LogP contribution in [-0.2, 0) is 0 Å². The summed E-state index contributed by atoms with van der Waals surface area (Å²) >= 11 is 8.51. The summed E-state index contributed by atoms with van der Waals surface area (Å²) in [7, 11) is 0. The highest BCUT2D eigenvalue weighted by atomic mass is 79.9. The number of hydrogen-bond acceptors (Lipinski definition) is 2. The van der Waals surface area contributed by atoms with E-state index in [4.69, 9.17) is 11.8 Å². The van der Waals surface area contributed by atoms with Gasteiger partial charge in [-0.15, -0.1) is 0 Å². The van der Waals surface area contributed by atoms with Gasteiger partial charge in [0.25, 0.3) is 0 Å². The Hall–Kier alpha value is -0.810. The van der Waals surface area contributed by atoms with E-state index in [1.165, 1.54) is 0 Å². The third-order valence-electron chi connectivity index (χ3n) is 1.18. The molecule has 0 aliphatic carbocycles.